The number of fused-ring (bicyclic) bond motifs is 1. The number of rotatable bonds is 4. The SMILES string of the molecule is CN(C(=O)c1cccc(NC(=O)c2ccc3nc[nH]c3c2)c1)C1CCNCC1. The molecule has 3 N–H and O–H groups in total. The van der Waals surface area contributed by atoms with Crippen molar-refractivity contribution >= 4 is 28.5 Å². The highest BCUT2D eigenvalue weighted by Gasteiger charge is 2.23. The molecule has 0 bridgehead atoms. The van der Waals surface area contributed by atoms with Crippen molar-refractivity contribution < 1.29 is 9.59 Å². The molecule has 2 heterocycles. The Kier molecular flexibility index (Phi) is 5.08. The quantitative estimate of drug-likeness (QED) is 0.652. The fraction of sp³-hybridized carbons (Fsp3) is 0.286. The lowest BCUT2D eigenvalue weighted by Crippen LogP contribution is -2.43. The van der Waals surface area contributed by atoms with Crippen molar-refractivity contribution in [3.05, 3.63) is 59.9 Å². The van der Waals surface area contributed by atoms with Crippen LogP contribution in [0.5, 0.6) is 0 Å². The van der Waals surface area contributed by atoms with Crippen LogP contribution in [0.25, 0.3) is 11.0 Å². The maximum atomic E-state index is 12.9. The average Bonchev–Trinajstić information content (AvgIpc) is 3.21. The van der Waals surface area contributed by atoms with E-state index in [2.05, 4.69) is 20.6 Å². The number of imidazole rings is 1. The summed E-state index contributed by atoms with van der Waals surface area (Å²) in [6, 6.07) is 12.6. The zero-order chi connectivity index (χ0) is 19.5. The minimum Gasteiger partial charge on any atom is -0.345 e. The van der Waals surface area contributed by atoms with Crippen LogP contribution in [0.15, 0.2) is 48.8 Å². The van der Waals surface area contributed by atoms with Crippen LogP contribution >= 0.6 is 0 Å². The zero-order valence-corrected chi connectivity index (χ0v) is 15.7. The molecule has 3 aromatic rings. The van der Waals surface area contributed by atoms with Crippen molar-refractivity contribution in [2.75, 3.05) is 25.5 Å². The number of aromatic amines is 1. The molecule has 2 aromatic carbocycles. The summed E-state index contributed by atoms with van der Waals surface area (Å²) < 4.78 is 0. The van der Waals surface area contributed by atoms with E-state index in [1.54, 1.807) is 48.8 Å². The topological polar surface area (TPSA) is 90.1 Å². The lowest BCUT2D eigenvalue weighted by molar-refractivity contribution is 0.0703. The number of nitrogens with one attached hydrogen (secondary N) is 3. The summed E-state index contributed by atoms with van der Waals surface area (Å²) in [6.45, 7) is 1.86. The number of carbonyl (C=O) groups excluding carboxylic acids is 2. The Balaban J connectivity index is 1.48. The molecular formula is C21H23N5O2. The second-order valence-corrected chi connectivity index (χ2v) is 7.07. The van der Waals surface area contributed by atoms with E-state index < -0.39 is 0 Å². The van der Waals surface area contributed by atoms with Gasteiger partial charge in [0.05, 0.1) is 17.4 Å². The number of piperidine rings is 1. The Morgan fingerprint density at radius 3 is 2.75 bits per heavy atom. The van der Waals surface area contributed by atoms with E-state index in [4.69, 9.17) is 0 Å². The van der Waals surface area contributed by atoms with Crippen molar-refractivity contribution in [2.24, 2.45) is 0 Å². The van der Waals surface area contributed by atoms with E-state index in [0.29, 0.717) is 16.8 Å². The molecule has 0 saturated carbocycles. The molecule has 0 spiro atoms. The summed E-state index contributed by atoms with van der Waals surface area (Å²) in [5.41, 5.74) is 3.31. The maximum Gasteiger partial charge on any atom is 0.255 e. The molecule has 1 aliphatic heterocycles. The first-order chi connectivity index (χ1) is 13.6. The van der Waals surface area contributed by atoms with Gasteiger partial charge in [0.1, 0.15) is 0 Å². The first-order valence-electron chi connectivity index (χ1n) is 9.44. The van der Waals surface area contributed by atoms with E-state index in [1.807, 2.05) is 11.9 Å². The molecule has 1 saturated heterocycles. The number of anilines is 1. The Morgan fingerprint density at radius 2 is 1.93 bits per heavy atom. The van der Waals surface area contributed by atoms with Crippen LogP contribution in [-0.4, -0.2) is 52.9 Å². The second kappa shape index (κ2) is 7.82. The molecule has 0 unspecified atom stereocenters. The van der Waals surface area contributed by atoms with Gasteiger partial charge in [-0.25, -0.2) is 4.98 Å². The van der Waals surface area contributed by atoms with Gasteiger partial charge >= 0.3 is 0 Å². The van der Waals surface area contributed by atoms with Crippen LogP contribution < -0.4 is 10.6 Å². The van der Waals surface area contributed by atoms with Crippen molar-refractivity contribution in [1.29, 1.82) is 0 Å². The lowest BCUT2D eigenvalue weighted by Gasteiger charge is -2.31. The summed E-state index contributed by atoms with van der Waals surface area (Å²) in [4.78, 5) is 34.4. The van der Waals surface area contributed by atoms with Crippen molar-refractivity contribution in [3.63, 3.8) is 0 Å². The molecule has 28 heavy (non-hydrogen) atoms. The number of benzene rings is 2. The van der Waals surface area contributed by atoms with Crippen LogP contribution in [-0.2, 0) is 0 Å². The lowest BCUT2D eigenvalue weighted by atomic mass is 10.0. The highest BCUT2D eigenvalue weighted by molar-refractivity contribution is 6.06. The van der Waals surface area contributed by atoms with Crippen LogP contribution in [0.3, 0.4) is 0 Å². The van der Waals surface area contributed by atoms with Gasteiger partial charge in [0.25, 0.3) is 11.8 Å². The van der Waals surface area contributed by atoms with Crippen LogP contribution in [0.2, 0.25) is 0 Å². The molecular weight excluding hydrogens is 354 g/mol. The number of hydrogen-bond donors (Lipinski definition) is 3. The molecule has 1 aromatic heterocycles. The third kappa shape index (κ3) is 3.75. The molecule has 0 atom stereocenters. The Bertz CT molecular complexity index is 1010. The highest BCUT2D eigenvalue weighted by atomic mass is 16.2. The predicted octanol–water partition coefficient (Wildman–Crippen LogP) is 2.64. The van der Waals surface area contributed by atoms with Gasteiger partial charge in [-0.3, -0.25) is 9.59 Å². The molecule has 144 valence electrons. The van der Waals surface area contributed by atoms with Gasteiger partial charge in [-0.1, -0.05) is 6.07 Å². The molecule has 2 amide bonds. The van der Waals surface area contributed by atoms with E-state index in [-0.39, 0.29) is 17.9 Å². The van der Waals surface area contributed by atoms with Crippen molar-refractivity contribution in [2.45, 2.75) is 18.9 Å². The molecule has 4 rings (SSSR count). The fourth-order valence-electron chi connectivity index (χ4n) is 3.57. The second-order valence-electron chi connectivity index (χ2n) is 7.07. The number of carbonyl (C=O) groups is 2. The smallest absolute Gasteiger partial charge is 0.255 e. The largest absolute Gasteiger partial charge is 0.345 e. The molecule has 7 heteroatoms. The summed E-state index contributed by atoms with van der Waals surface area (Å²) in [5, 5.41) is 6.19. The number of nitrogens with zero attached hydrogens (tertiary/aromatic N) is 2. The molecule has 7 nitrogen and oxygen atoms in total. The number of aromatic nitrogens is 2. The van der Waals surface area contributed by atoms with Gasteiger partial charge in [-0.15, -0.1) is 0 Å². The van der Waals surface area contributed by atoms with E-state index in [0.717, 1.165) is 37.0 Å². The van der Waals surface area contributed by atoms with E-state index in [9.17, 15) is 9.59 Å². The van der Waals surface area contributed by atoms with Gasteiger partial charge in [0.2, 0.25) is 0 Å². The van der Waals surface area contributed by atoms with Crippen LogP contribution in [0, 0.1) is 0 Å². The summed E-state index contributed by atoms with van der Waals surface area (Å²) in [6.07, 6.45) is 3.50. The van der Waals surface area contributed by atoms with E-state index in [1.165, 1.54) is 0 Å². The van der Waals surface area contributed by atoms with E-state index >= 15 is 0 Å². The standard InChI is InChI=1S/C21H23N5O2/c1-26(17-7-9-22-10-8-17)21(28)15-3-2-4-16(11-15)25-20(27)14-5-6-18-19(12-14)24-13-23-18/h2-6,11-13,17,22H,7-10H2,1H3,(H,23,24)(H,25,27). The first-order valence-corrected chi connectivity index (χ1v) is 9.44. The Hall–Kier alpha value is -3.19. The summed E-state index contributed by atoms with van der Waals surface area (Å²) >= 11 is 0. The number of H-pyrrole nitrogens is 1. The van der Waals surface area contributed by atoms with Crippen molar-refractivity contribution in [1.82, 2.24) is 20.2 Å². The monoisotopic (exact) mass is 377 g/mol. The van der Waals surface area contributed by atoms with Gasteiger partial charge < -0.3 is 20.5 Å². The summed E-state index contributed by atoms with van der Waals surface area (Å²) in [7, 11) is 1.85. The zero-order valence-electron chi connectivity index (χ0n) is 15.7. The first kappa shape index (κ1) is 18.2. The number of hydrogen-bond acceptors (Lipinski definition) is 4. The fourth-order valence-corrected chi connectivity index (χ4v) is 3.57. The third-order valence-electron chi connectivity index (χ3n) is 5.23. The minimum absolute atomic E-state index is 0.0260. The van der Waals surface area contributed by atoms with Gasteiger partial charge in [-0.05, 0) is 62.3 Å². The van der Waals surface area contributed by atoms with Crippen LogP contribution in [0.1, 0.15) is 33.6 Å². The minimum atomic E-state index is -0.229. The molecule has 0 radical (unpaired) electrons. The molecule has 0 aliphatic carbocycles. The maximum absolute atomic E-state index is 12.9. The van der Waals surface area contributed by atoms with Crippen molar-refractivity contribution in [3.8, 4) is 0 Å². The van der Waals surface area contributed by atoms with Crippen LogP contribution in [0.4, 0.5) is 5.69 Å². The van der Waals surface area contributed by atoms with Gasteiger partial charge in [0.15, 0.2) is 0 Å². The third-order valence-corrected chi connectivity index (χ3v) is 5.23. The predicted molar refractivity (Wildman–Crippen MR) is 108 cm³/mol. The normalized spacial score (nSPS) is 14.8. The van der Waals surface area contributed by atoms with Gasteiger partial charge in [0, 0.05) is 29.9 Å². The Morgan fingerprint density at radius 1 is 1.11 bits per heavy atom. The highest BCUT2D eigenvalue weighted by Crippen LogP contribution is 2.18. The molecule has 1 aliphatic rings. The number of amides is 2. The summed E-state index contributed by atoms with van der Waals surface area (Å²) in [5.74, 6) is -0.255. The average molecular weight is 377 g/mol. The van der Waals surface area contributed by atoms with Gasteiger partial charge in [-0.2, -0.15) is 0 Å². The Labute approximate surface area is 163 Å². The molecule has 1 fully saturated rings.